The van der Waals surface area contributed by atoms with Crippen molar-refractivity contribution in [1.29, 1.82) is 0 Å². The molecule has 110 valence electrons. The Morgan fingerprint density at radius 3 is 2.71 bits per heavy atom. The number of nitrogens with one attached hydrogen (secondary N) is 1. The lowest BCUT2D eigenvalue weighted by Gasteiger charge is -2.12. The minimum atomic E-state index is -0.212. The third kappa shape index (κ3) is 4.23. The maximum absolute atomic E-state index is 12.3. The molecule has 2 aromatic carbocycles. The van der Waals surface area contributed by atoms with E-state index in [1.165, 1.54) is 0 Å². The van der Waals surface area contributed by atoms with Crippen molar-refractivity contribution in [2.24, 2.45) is 0 Å². The summed E-state index contributed by atoms with van der Waals surface area (Å²) in [6, 6.07) is 12.3. The van der Waals surface area contributed by atoms with Gasteiger partial charge in [-0.15, -0.1) is 0 Å². The number of carbonyl (C=O) groups is 1. The summed E-state index contributed by atoms with van der Waals surface area (Å²) >= 11 is 3.38. The predicted molar refractivity (Wildman–Crippen MR) is 88.7 cm³/mol. The van der Waals surface area contributed by atoms with Crippen LogP contribution in [0.25, 0.3) is 0 Å². The van der Waals surface area contributed by atoms with Crippen molar-refractivity contribution < 1.29 is 9.53 Å². The summed E-state index contributed by atoms with van der Waals surface area (Å²) in [5.74, 6) is 0.458. The fourth-order valence-corrected chi connectivity index (χ4v) is 2.16. The first kappa shape index (κ1) is 15.4. The Bertz CT molecular complexity index is 656. The van der Waals surface area contributed by atoms with Crippen LogP contribution >= 0.6 is 15.9 Å². The molecule has 5 heteroatoms. The number of amides is 1. The highest BCUT2D eigenvalue weighted by Gasteiger charge is 2.10. The van der Waals surface area contributed by atoms with Crippen LogP contribution in [0.5, 0.6) is 5.75 Å². The SMILES string of the molecule is CC(C)Oc1cccc(C(=O)Nc2cc(N)ccc2Br)c1. The van der Waals surface area contributed by atoms with Gasteiger partial charge in [0.2, 0.25) is 0 Å². The smallest absolute Gasteiger partial charge is 0.255 e. The molecular weight excluding hydrogens is 332 g/mol. The predicted octanol–water partition coefficient (Wildman–Crippen LogP) is 4.07. The molecule has 0 fully saturated rings. The van der Waals surface area contributed by atoms with Crippen molar-refractivity contribution in [3.63, 3.8) is 0 Å². The van der Waals surface area contributed by atoms with Crippen molar-refractivity contribution >= 4 is 33.2 Å². The number of carbonyl (C=O) groups excluding carboxylic acids is 1. The fourth-order valence-electron chi connectivity index (χ4n) is 1.82. The summed E-state index contributed by atoms with van der Waals surface area (Å²) in [4.78, 5) is 12.3. The zero-order valence-corrected chi connectivity index (χ0v) is 13.5. The van der Waals surface area contributed by atoms with E-state index in [0.717, 1.165) is 4.47 Å². The quantitative estimate of drug-likeness (QED) is 0.818. The number of rotatable bonds is 4. The molecule has 0 saturated carbocycles. The third-order valence-corrected chi connectivity index (χ3v) is 3.40. The van der Waals surface area contributed by atoms with Gasteiger partial charge in [-0.1, -0.05) is 6.07 Å². The second-order valence-electron chi connectivity index (χ2n) is 4.89. The van der Waals surface area contributed by atoms with E-state index in [-0.39, 0.29) is 12.0 Å². The van der Waals surface area contributed by atoms with E-state index < -0.39 is 0 Å². The number of nitrogen functional groups attached to an aromatic ring is 1. The second kappa shape index (κ2) is 6.63. The zero-order chi connectivity index (χ0) is 15.4. The van der Waals surface area contributed by atoms with Crippen molar-refractivity contribution in [3.05, 3.63) is 52.5 Å². The zero-order valence-electron chi connectivity index (χ0n) is 11.9. The van der Waals surface area contributed by atoms with Crippen molar-refractivity contribution in [2.75, 3.05) is 11.1 Å². The normalized spacial score (nSPS) is 10.5. The maximum atomic E-state index is 12.3. The average molecular weight is 349 g/mol. The third-order valence-electron chi connectivity index (χ3n) is 2.71. The number of ether oxygens (including phenoxy) is 1. The summed E-state index contributed by atoms with van der Waals surface area (Å²) in [6.07, 6.45) is 0.0615. The molecule has 2 aromatic rings. The van der Waals surface area contributed by atoms with Crippen LogP contribution in [-0.4, -0.2) is 12.0 Å². The molecule has 0 saturated heterocycles. The molecule has 0 spiro atoms. The first-order valence-corrected chi connectivity index (χ1v) is 7.38. The minimum absolute atomic E-state index is 0.0615. The van der Waals surface area contributed by atoms with Crippen molar-refractivity contribution in [1.82, 2.24) is 0 Å². The molecule has 2 rings (SSSR count). The lowest BCUT2D eigenvalue weighted by Crippen LogP contribution is -2.13. The van der Waals surface area contributed by atoms with Crippen molar-refractivity contribution in [2.45, 2.75) is 20.0 Å². The van der Waals surface area contributed by atoms with E-state index >= 15 is 0 Å². The van der Waals surface area contributed by atoms with Gasteiger partial charge in [-0.05, 0) is 66.2 Å². The molecule has 1 amide bonds. The van der Waals surface area contributed by atoms with Gasteiger partial charge in [-0.25, -0.2) is 0 Å². The maximum Gasteiger partial charge on any atom is 0.255 e. The van der Waals surface area contributed by atoms with Crippen LogP contribution in [0.15, 0.2) is 46.9 Å². The molecule has 0 radical (unpaired) electrons. The first-order chi connectivity index (χ1) is 9.95. The van der Waals surface area contributed by atoms with Gasteiger partial charge >= 0.3 is 0 Å². The van der Waals surface area contributed by atoms with Gasteiger partial charge in [0, 0.05) is 15.7 Å². The van der Waals surface area contributed by atoms with E-state index in [0.29, 0.717) is 22.7 Å². The highest BCUT2D eigenvalue weighted by atomic mass is 79.9. The molecule has 0 atom stereocenters. The van der Waals surface area contributed by atoms with E-state index in [1.807, 2.05) is 19.9 Å². The first-order valence-electron chi connectivity index (χ1n) is 6.59. The Hall–Kier alpha value is -2.01. The van der Waals surface area contributed by atoms with E-state index in [1.54, 1.807) is 36.4 Å². The Morgan fingerprint density at radius 1 is 1.24 bits per heavy atom. The molecule has 3 N–H and O–H groups in total. The molecule has 0 aromatic heterocycles. The topological polar surface area (TPSA) is 64.3 Å². The molecule has 0 unspecified atom stereocenters. The van der Waals surface area contributed by atoms with E-state index in [4.69, 9.17) is 10.5 Å². The number of hydrogen-bond donors (Lipinski definition) is 2. The standard InChI is InChI=1S/C16H17BrN2O2/c1-10(2)21-13-5-3-4-11(8-13)16(20)19-15-9-12(18)6-7-14(15)17/h3-10H,18H2,1-2H3,(H,19,20). The Morgan fingerprint density at radius 2 is 2.00 bits per heavy atom. The van der Waals surface area contributed by atoms with Gasteiger partial charge < -0.3 is 15.8 Å². The fraction of sp³-hybridized carbons (Fsp3) is 0.188. The van der Waals surface area contributed by atoms with Crippen LogP contribution < -0.4 is 15.8 Å². The Balaban J connectivity index is 2.18. The highest BCUT2D eigenvalue weighted by molar-refractivity contribution is 9.10. The van der Waals surface area contributed by atoms with E-state index in [2.05, 4.69) is 21.2 Å². The van der Waals surface area contributed by atoms with Gasteiger partial charge in [0.1, 0.15) is 5.75 Å². The number of anilines is 2. The summed E-state index contributed by atoms with van der Waals surface area (Å²) in [5, 5.41) is 2.83. The molecule has 0 aliphatic rings. The molecule has 4 nitrogen and oxygen atoms in total. The van der Waals surface area contributed by atoms with Crippen LogP contribution in [0.3, 0.4) is 0 Å². The Labute approximate surface area is 132 Å². The lowest BCUT2D eigenvalue weighted by atomic mass is 10.2. The molecule has 0 aliphatic carbocycles. The molecule has 21 heavy (non-hydrogen) atoms. The summed E-state index contributed by atoms with van der Waals surface area (Å²) < 4.78 is 6.37. The number of benzene rings is 2. The monoisotopic (exact) mass is 348 g/mol. The second-order valence-corrected chi connectivity index (χ2v) is 5.74. The lowest BCUT2D eigenvalue weighted by molar-refractivity contribution is 0.102. The van der Waals surface area contributed by atoms with Gasteiger partial charge in [0.05, 0.1) is 11.8 Å². The van der Waals surface area contributed by atoms with Crippen LogP contribution in [0.2, 0.25) is 0 Å². The summed E-state index contributed by atoms with van der Waals surface area (Å²) in [5.41, 5.74) is 7.48. The minimum Gasteiger partial charge on any atom is -0.491 e. The summed E-state index contributed by atoms with van der Waals surface area (Å²) in [6.45, 7) is 3.88. The summed E-state index contributed by atoms with van der Waals surface area (Å²) in [7, 11) is 0. The van der Waals surface area contributed by atoms with Crippen LogP contribution in [0.4, 0.5) is 11.4 Å². The highest BCUT2D eigenvalue weighted by Crippen LogP contribution is 2.25. The van der Waals surface area contributed by atoms with Crippen LogP contribution in [-0.2, 0) is 0 Å². The van der Waals surface area contributed by atoms with Gasteiger partial charge in [-0.3, -0.25) is 4.79 Å². The van der Waals surface area contributed by atoms with Gasteiger partial charge in [0.25, 0.3) is 5.91 Å². The average Bonchev–Trinajstić information content (AvgIpc) is 2.42. The van der Waals surface area contributed by atoms with E-state index in [9.17, 15) is 4.79 Å². The number of hydrogen-bond acceptors (Lipinski definition) is 3. The van der Waals surface area contributed by atoms with Gasteiger partial charge in [-0.2, -0.15) is 0 Å². The molecule has 0 heterocycles. The number of nitrogens with two attached hydrogens (primary N) is 1. The molecule has 0 bridgehead atoms. The largest absolute Gasteiger partial charge is 0.491 e. The van der Waals surface area contributed by atoms with Gasteiger partial charge in [0.15, 0.2) is 0 Å². The van der Waals surface area contributed by atoms with Crippen LogP contribution in [0, 0.1) is 0 Å². The molecular formula is C16H17BrN2O2. The Kier molecular flexibility index (Phi) is 4.85. The number of halogens is 1. The van der Waals surface area contributed by atoms with Crippen molar-refractivity contribution in [3.8, 4) is 5.75 Å². The van der Waals surface area contributed by atoms with Crippen LogP contribution in [0.1, 0.15) is 24.2 Å². The molecule has 0 aliphatic heterocycles.